The third-order valence-corrected chi connectivity index (χ3v) is 8.67. The highest BCUT2D eigenvalue weighted by Gasteiger charge is 2.34. The van der Waals surface area contributed by atoms with E-state index in [0.717, 1.165) is 25.3 Å². The summed E-state index contributed by atoms with van der Waals surface area (Å²) < 4.78 is 38.0. The van der Waals surface area contributed by atoms with Gasteiger partial charge in [0.25, 0.3) is 0 Å². The summed E-state index contributed by atoms with van der Waals surface area (Å²) in [5, 5.41) is 13.4. The Morgan fingerprint density at radius 2 is 1.86 bits per heavy atom. The zero-order valence-electron chi connectivity index (χ0n) is 24.7. The van der Waals surface area contributed by atoms with Crippen molar-refractivity contribution in [1.29, 1.82) is 0 Å². The Hall–Kier alpha value is -3.93. The van der Waals surface area contributed by atoms with Gasteiger partial charge in [0.05, 0.1) is 36.6 Å². The zero-order chi connectivity index (χ0) is 30.2. The maximum absolute atomic E-state index is 15.6. The molecule has 1 aliphatic heterocycles. The Labute approximate surface area is 248 Å². The molecular weight excluding hydrogens is 554 g/mol. The van der Waals surface area contributed by atoms with Crippen molar-refractivity contribution in [3.05, 3.63) is 69.4 Å². The number of likely N-dealkylation sites (N-methyl/N-ethyl adjacent to an activating group) is 1. The summed E-state index contributed by atoms with van der Waals surface area (Å²) >= 11 is 0. The third kappa shape index (κ3) is 5.05. The predicted octanol–water partition coefficient (Wildman–Crippen LogP) is 4.02. The highest BCUT2D eigenvalue weighted by Crippen LogP contribution is 2.50. The second-order valence-electron chi connectivity index (χ2n) is 10.9. The number of pyridine rings is 3. The van der Waals surface area contributed by atoms with E-state index in [2.05, 4.69) is 29.0 Å². The van der Waals surface area contributed by atoms with Crippen LogP contribution in [0.3, 0.4) is 0 Å². The molecular formula is C32H36F2N6O3. The average molecular weight is 591 g/mol. The summed E-state index contributed by atoms with van der Waals surface area (Å²) in [6.45, 7) is 9.09. The minimum Gasteiger partial charge on any atom is -0.391 e. The summed E-state index contributed by atoms with van der Waals surface area (Å²) in [7, 11) is 1.69. The summed E-state index contributed by atoms with van der Waals surface area (Å²) in [6.07, 6.45) is 5.49. The van der Waals surface area contributed by atoms with Gasteiger partial charge in [-0.25, -0.2) is 13.8 Å². The molecule has 0 radical (unpaired) electrons. The van der Waals surface area contributed by atoms with Crippen molar-refractivity contribution < 1.29 is 18.6 Å². The molecule has 6 rings (SSSR count). The molecule has 0 saturated carbocycles. The van der Waals surface area contributed by atoms with E-state index in [1.54, 1.807) is 31.7 Å². The van der Waals surface area contributed by atoms with Crippen molar-refractivity contribution in [1.82, 2.24) is 19.4 Å². The number of hydrogen-bond acceptors (Lipinski definition) is 8. The number of fused-ring (bicyclic) bond motifs is 4. The molecule has 2 aliphatic rings. The van der Waals surface area contributed by atoms with E-state index in [4.69, 9.17) is 14.7 Å². The summed E-state index contributed by atoms with van der Waals surface area (Å²) in [4.78, 5) is 27.4. The minimum atomic E-state index is -0.927. The molecule has 1 fully saturated rings. The molecule has 0 unspecified atom stereocenters. The van der Waals surface area contributed by atoms with Crippen LogP contribution in [0.15, 0.2) is 35.5 Å². The fourth-order valence-corrected chi connectivity index (χ4v) is 6.32. The molecule has 2 N–H and O–H groups in total. The third-order valence-electron chi connectivity index (χ3n) is 8.67. The number of aromatic nitrogens is 3. The topological polar surface area (TPSA) is 95.8 Å². The second-order valence-corrected chi connectivity index (χ2v) is 10.9. The Morgan fingerprint density at radius 3 is 2.56 bits per heavy atom. The van der Waals surface area contributed by atoms with E-state index < -0.39 is 11.6 Å². The van der Waals surface area contributed by atoms with Gasteiger partial charge >= 0.3 is 0 Å². The van der Waals surface area contributed by atoms with Gasteiger partial charge in [-0.3, -0.25) is 9.78 Å². The number of hydrogen-bond donors (Lipinski definition) is 2. The van der Waals surface area contributed by atoms with Crippen molar-refractivity contribution in [2.24, 2.45) is 0 Å². The van der Waals surface area contributed by atoms with Gasteiger partial charge in [-0.15, -0.1) is 0 Å². The molecule has 11 heteroatoms. The Balaban J connectivity index is 1.56. The van der Waals surface area contributed by atoms with Crippen LogP contribution in [0.1, 0.15) is 30.7 Å². The highest BCUT2D eigenvalue weighted by molar-refractivity contribution is 5.97. The molecule has 0 amide bonds. The van der Waals surface area contributed by atoms with Crippen molar-refractivity contribution >= 4 is 22.4 Å². The first-order chi connectivity index (χ1) is 20.9. The van der Waals surface area contributed by atoms with Gasteiger partial charge in [0.15, 0.2) is 17.1 Å². The molecule has 3 aromatic heterocycles. The van der Waals surface area contributed by atoms with E-state index >= 15 is 4.39 Å². The maximum Gasteiger partial charge on any atom is 0.196 e. The molecule has 1 aliphatic carbocycles. The molecule has 0 spiro atoms. The monoisotopic (exact) mass is 590 g/mol. The standard InChI is InChI=1S/C32H36F2N6O3/c1-4-38(5-2)6-7-40-17-20(18-41)31(42)22-12-19(15-37-32(22)40)23-16-36-26-13-21-25(35-3)14-24(33)29(34)27(21)28(26)30(23)39-8-10-43-11-9-39/h12,14-17,35,41H,4-11,13,18H2,1-3H3. The number of anilines is 2. The van der Waals surface area contributed by atoms with Crippen LogP contribution in [0.25, 0.3) is 33.3 Å². The van der Waals surface area contributed by atoms with Gasteiger partial charge in [0.2, 0.25) is 0 Å². The fourth-order valence-electron chi connectivity index (χ4n) is 6.32. The quantitative estimate of drug-likeness (QED) is 0.266. The molecule has 1 saturated heterocycles. The van der Waals surface area contributed by atoms with Crippen LogP contribution in [-0.2, 0) is 24.3 Å². The first kappa shape index (κ1) is 29.2. The van der Waals surface area contributed by atoms with E-state index in [0.29, 0.717) is 83.9 Å². The van der Waals surface area contributed by atoms with E-state index in [-0.39, 0.29) is 23.2 Å². The minimum absolute atomic E-state index is 0.213. The first-order valence-corrected chi connectivity index (χ1v) is 14.8. The molecule has 1 aromatic carbocycles. The first-order valence-electron chi connectivity index (χ1n) is 14.8. The summed E-state index contributed by atoms with van der Waals surface area (Å²) in [6, 6.07) is 2.97. The number of ether oxygens (including phenoxy) is 1. The predicted molar refractivity (Wildman–Crippen MR) is 164 cm³/mol. The van der Waals surface area contributed by atoms with Gasteiger partial charge in [-0.05, 0) is 24.7 Å². The van der Waals surface area contributed by atoms with Gasteiger partial charge in [0, 0.05) is 97.8 Å². The lowest BCUT2D eigenvalue weighted by molar-refractivity contribution is 0.123. The van der Waals surface area contributed by atoms with E-state index in [1.807, 2.05) is 4.57 Å². The Morgan fingerprint density at radius 1 is 1.09 bits per heavy atom. The lowest BCUT2D eigenvalue weighted by Gasteiger charge is -2.32. The number of rotatable bonds is 9. The van der Waals surface area contributed by atoms with Crippen molar-refractivity contribution in [3.63, 3.8) is 0 Å². The van der Waals surface area contributed by atoms with Gasteiger partial charge in [-0.2, -0.15) is 0 Å². The lowest BCUT2D eigenvalue weighted by atomic mass is 9.96. The van der Waals surface area contributed by atoms with Crippen molar-refractivity contribution in [2.45, 2.75) is 33.4 Å². The summed E-state index contributed by atoms with van der Waals surface area (Å²) in [5.74, 6) is -1.83. The van der Waals surface area contributed by atoms with Gasteiger partial charge in [-0.1, -0.05) is 13.8 Å². The molecule has 4 aromatic rings. The summed E-state index contributed by atoms with van der Waals surface area (Å²) in [5.41, 5.74) is 5.17. The van der Waals surface area contributed by atoms with Crippen LogP contribution in [-0.4, -0.2) is 77.5 Å². The number of aliphatic hydroxyl groups is 1. The second kappa shape index (κ2) is 12.0. The van der Waals surface area contributed by atoms with E-state index in [9.17, 15) is 14.3 Å². The number of halogens is 2. The van der Waals surface area contributed by atoms with Gasteiger partial charge in [0.1, 0.15) is 5.65 Å². The Kier molecular flexibility index (Phi) is 8.13. The molecule has 4 heterocycles. The van der Waals surface area contributed by atoms with Gasteiger partial charge < -0.3 is 29.5 Å². The largest absolute Gasteiger partial charge is 0.391 e. The maximum atomic E-state index is 15.6. The fraction of sp³-hybridized carbons (Fsp3) is 0.406. The number of aliphatic hydroxyl groups excluding tert-OH is 1. The molecule has 9 nitrogen and oxygen atoms in total. The van der Waals surface area contributed by atoms with Crippen LogP contribution < -0.4 is 15.6 Å². The van der Waals surface area contributed by atoms with E-state index in [1.165, 1.54) is 6.07 Å². The number of benzene rings is 1. The Bertz CT molecular complexity index is 1750. The molecule has 0 bridgehead atoms. The molecule has 43 heavy (non-hydrogen) atoms. The zero-order valence-corrected chi connectivity index (χ0v) is 24.7. The highest BCUT2D eigenvalue weighted by atomic mass is 19.2. The normalized spacial score (nSPS) is 14.4. The number of nitrogens with zero attached hydrogens (tertiary/aromatic N) is 5. The lowest BCUT2D eigenvalue weighted by Crippen LogP contribution is -2.37. The number of nitrogens with one attached hydrogen (secondary N) is 1. The van der Waals surface area contributed by atoms with Crippen molar-refractivity contribution in [3.8, 4) is 22.3 Å². The van der Waals surface area contributed by atoms with Crippen LogP contribution in [0.4, 0.5) is 20.2 Å². The smallest absolute Gasteiger partial charge is 0.196 e. The number of morpholine rings is 1. The SMILES string of the molecule is CCN(CC)CCn1cc(CO)c(=O)c2cc(-c3cnc4c(c3N3CCOCC3)-c3c(F)c(F)cc(NC)c3C4)cnc21. The molecule has 0 atom stereocenters. The van der Waals surface area contributed by atoms with Crippen LogP contribution >= 0.6 is 0 Å². The van der Waals surface area contributed by atoms with Crippen molar-refractivity contribution in [2.75, 3.05) is 63.2 Å². The van der Waals surface area contributed by atoms with Crippen LogP contribution in [0.5, 0.6) is 0 Å². The van der Waals surface area contributed by atoms with Crippen LogP contribution in [0.2, 0.25) is 0 Å². The van der Waals surface area contributed by atoms with Crippen LogP contribution in [0, 0.1) is 11.6 Å². The average Bonchev–Trinajstić information content (AvgIpc) is 3.44. The molecule has 226 valence electrons.